The molecule has 2 aromatic rings. The van der Waals surface area contributed by atoms with Crippen LogP contribution in [0.2, 0.25) is 0 Å². The van der Waals surface area contributed by atoms with Crippen LogP contribution in [-0.2, 0) is 9.53 Å². The highest BCUT2D eigenvalue weighted by Crippen LogP contribution is 2.45. The molecule has 1 aliphatic heterocycles. The minimum absolute atomic E-state index is 0.284. The average Bonchev–Trinajstić information content (AvgIpc) is 2.91. The van der Waals surface area contributed by atoms with Gasteiger partial charge in [-0.3, -0.25) is 0 Å². The van der Waals surface area contributed by atoms with Crippen molar-refractivity contribution < 1.29 is 23.8 Å². The van der Waals surface area contributed by atoms with Gasteiger partial charge in [0.1, 0.15) is 23.0 Å². The van der Waals surface area contributed by atoms with Gasteiger partial charge in [-0.1, -0.05) is 6.08 Å². The van der Waals surface area contributed by atoms with Crippen LogP contribution in [0.1, 0.15) is 39.4 Å². The quantitative estimate of drug-likeness (QED) is 0.523. The van der Waals surface area contributed by atoms with Crippen LogP contribution in [0.5, 0.6) is 5.75 Å². The van der Waals surface area contributed by atoms with Gasteiger partial charge in [0.25, 0.3) is 0 Å². The molecule has 1 unspecified atom stereocenters. The van der Waals surface area contributed by atoms with E-state index in [0.717, 1.165) is 0 Å². The molecule has 0 radical (unpaired) electrons. The molecule has 0 saturated heterocycles. The van der Waals surface area contributed by atoms with Gasteiger partial charge in [0.15, 0.2) is 6.10 Å². The molecule has 2 atom stereocenters. The first-order valence-electron chi connectivity index (χ1n) is 8.02. The van der Waals surface area contributed by atoms with Crippen molar-refractivity contribution in [3.05, 3.63) is 51.9 Å². The van der Waals surface area contributed by atoms with Gasteiger partial charge in [0, 0.05) is 17.0 Å². The Morgan fingerprint density at radius 1 is 1.28 bits per heavy atom. The van der Waals surface area contributed by atoms with Crippen molar-refractivity contribution in [2.45, 2.75) is 45.5 Å². The Hall–Kier alpha value is -2.60. The summed E-state index contributed by atoms with van der Waals surface area (Å²) in [5.74, 6) is -0.0677. The van der Waals surface area contributed by atoms with Crippen LogP contribution >= 0.6 is 0 Å². The molecule has 0 amide bonds. The Labute approximate surface area is 144 Å². The Morgan fingerprint density at radius 2 is 1.96 bits per heavy atom. The highest BCUT2D eigenvalue weighted by atomic mass is 16.6. The van der Waals surface area contributed by atoms with Crippen LogP contribution < -0.4 is 10.4 Å². The molecule has 1 N–H and O–H groups in total. The number of benzene rings is 1. The van der Waals surface area contributed by atoms with Crippen LogP contribution in [0.25, 0.3) is 11.0 Å². The number of aliphatic hydroxyl groups excluding tert-OH is 1. The molecule has 0 saturated carbocycles. The number of hydrogen-bond donors (Lipinski definition) is 1. The van der Waals surface area contributed by atoms with E-state index < -0.39 is 29.4 Å². The van der Waals surface area contributed by atoms with Crippen LogP contribution in [0.4, 0.5) is 0 Å². The van der Waals surface area contributed by atoms with Crippen molar-refractivity contribution >= 4 is 16.9 Å². The maximum atomic E-state index is 12.1. The first-order valence-corrected chi connectivity index (χ1v) is 8.02. The molecule has 2 heterocycles. The highest BCUT2D eigenvalue weighted by Gasteiger charge is 2.47. The third-order valence-corrected chi connectivity index (χ3v) is 4.42. The Balaban J connectivity index is 1.98. The van der Waals surface area contributed by atoms with E-state index in [1.807, 2.05) is 0 Å². The van der Waals surface area contributed by atoms with Crippen molar-refractivity contribution in [2.75, 3.05) is 0 Å². The van der Waals surface area contributed by atoms with E-state index in [0.29, 0.717) is 22.3 Å². The number of esters is 1. The van der Waals surface area contributed by atoms with E-state index >= 15 is 0 Å². The number of ether oxygens (including phenoxy) is 2. The molecule has 1 aromatic carbocycles. The van der Waals surface area contributed by atoms with Gasteiger partial charge in [-0.25, -0.2) is 9.59 Å². The molecule has 0 fully saturated rings. The molecule has 0 aliphatic carbocycles. The second-order valence-corrected chi connectivity index (χ2v) is 6.60. The number of fused-ring (bicyclic) bond motifs is 3. The van der Waals surface area contributed by atoms with Gasteiger partial charge in [-0.15, -0.1) is 0 Å². The standard InChI is InChI=1S/C19H20O6/c1-5-10(2)18(22)25-19(3,4)17-15(21)14-12(23-17)8-6-11-7-9-13(20)24-16(11)14/h5-9,15,17,21H,1-4H3/t15?,17-/m0/s1. The zero-order valence-electron chi connectivity index (χ0n) is 14.5. The predicted octanol–water partition coefficient (Wildman–Crippen LogP) is 2.88. The van der Waals surface area contributed by atoms with E-state index in [2.05, 4.69) is 0 Å². The van der Waals surface area contributed by atoms with Gasteiger partial charge >= 0.3 is 11.6 Å². The first kappa shape index (κ1) is 17.2. The third-order valence-electron chi connectivity index (χ3n) is 4.42. The van der Waals surface area contributed by atoms with Crippen LogP contribution in [0.15, 0.2) is 45.1 Å². The number of rotatable bonds is 3. The second-order valence-electron chi connectivity index (χ2n) is 6.60. The Kier molecular flexibility index (Phi) is 4.16. The lowest BCUT2D eigenvalue weighted by Gasteiger charge is -2.32. The first-order chi connectivity index (χ1) is 11.7. The Bertz CT molecular complexity index is 921. The maximum absolute atomic E-state index is 12.1. The lowest BCUT2D eigenvalue weighted by Crippen LogP contribution is -2.45. The van der Waals surface area contributed by atoms with Crippen molar-refractivity contribution in [3.63, 3.8) is 0 Å². The maximum Gasteiger partial charge on any atom is 0.336 e. The number of carbonyl (C=O) groups excluding carboxylic acids is 1. The summed E-state index contributed by atoms with van der Waals surface area (Å²) in [7, 11) is 0. The fourth-order valence-electron chi connectivity index (χ4n) is 2.89. The molecule has 1 aromatic heterocycles. The summed E-state index contributed by atoms with van der Waals surface area (Å²) in [6.45, 7) is 6.74. The summed E-state index contributed by atoms with van der Waals surface area (Å²) in [5.41, 5.74) is -0.458. The van der Waals surface area contributed by atoms with E-state index in [-0.39, 0.29) is 5.58 Å². The summed E-state index contributed by atoms with van der Waals surface area (Å²) in [6, 6.07) is 6.40. The smallest absolute Gasteiger partial charge is 0.336 e. The molecule has 6 nitrogen and oxygen atoms in total. The largest absolute Gasteiger partial charge is 0.483 e. The van der Waals surface area contributed by atoms with Gasteiger partial charge < -0.3 is 19.0 Å². The zero-order valence-corrected chi connectivity index (χ0v) is 14.5. The van der Waals surface area contributed by atoms with Gasteiger partial charge in [-0.2, -0.15) is 0 Å². The summed E-state index contributed by atoms with van der Waals surface area (Å²) in [5, 5.41) is 11.5. The molecule has 25 heavy (non-hydrogen) atoms. The molecule has 1 aliphatic rings. The van der Waals surface area contributed by atoms with E-state index in [9.17, 15) is 14.7 Å². The summed E-state index contributed by atoms with van der Waals surface area (Å²) >= 11 is 0. The predicted molar refractivity (Wildman–Crippen MR) is 91.5 cm³/mol. The number of carbonyl (C=O) groups is 1. The molecule has 132 valence electrons. The average molecular weight is 344 g/mol. The summed E-state index contributed by atoms with van der Waals surface area (Å²) < 4.78 is 16.6. The topological polar surface area (TPSA) is 86.0 Å². The fraction of sp³-hybridized carbons (Fsp3) is 0.368. The lowest BCUT2D eigenvalue weighted by molar-refractivity contribution is -0.165. The SMILES string of the molecule is CC=C(C)C(=O)OC(C)(C)[C@H]1Oc2ccc3ccc(=O)oc3c2C1O. The molecule has 0 spiro atoms. The fourth-order valence-corrected chi connectivity index (χ4v) is 2.89. The zero-order chi connectivity index (χ0) is 18.4. The number of allylic oxidation sites excluding steroid dienone is 1. The van der Waals surface area contributed by atoms with Crippen LogP contribution in [0, 0.1) is 0 Å². The highest BCUT2D eigenvalue weighted by molar-refractivity contribution is 5.88. The summed E-state index contributed by atoms with van der Waals surface area (Å²) in [6.07, 6.45) is -0.272. The van der Waals surface area contributed by atoms with Crippen molar-refractivity contribution in [1.82, 2.24) is 0 Å². The van der Waals surface area contributed by atoms with E-state index in [4.69, 9.17) is 13.9 Å². The van der Waals surface area contributed by atoms with E-state index in [1.165, 1.54) is 6.07 Å². The molecule has 6 heteroatoms. The second kappa shape index (κ2) is 6.04. The molecule has 3 rings (SSSR count). The monoisotopic (exact) mass is 344 g/mol. The lowest BCUT2D eigenvalue weighted by atomic mass is 9.93. The molecular weight excluding hydrogens is 324 g/mol. The van der Waals surface area contributed by atoms with Gasteiger partial charge in [0.05, 0.1) is 5.56 Å². The third kappa shape index (κ3) is 2.93. The minimum Gasteiger partial charge on any atom is -0.483 e. The van der Waals surface area contributed by atoms with Gasteiger partial charge in [-0.05, 0) is 45.9 Å². The summed E-state index contributed by atoms with van der Waals surface area (Å²) in [4.78, 5) is 23.7. The van der Waals surface area contributed by atoms with Crippen molar-refractivity contribution in [3.8, 4) is 5.75 Å². The molecule has 0 bridgehead atoms. The molecular formula is C19H20O6. The van der Waals surface area contributed by atoms with Crippen LogP contribution in [0.3, 0.4) is 0 Å². The number of hydrogen-bond acceptors (Lipinski definition) is 6. The van der Waals surface area contributed by atoms with Gasteiger partial charge in [0.2, 0.25) is 0 Å². The van der Waals surface area contributed by atoms with Crippen molar-refractivity contribution in [1.29, 1.82) is 0 Å². The van der Waals surface area contributed by atoms with E-state index in [1.54, 1.807) is 52.0 Å². The number of aliphatic hydroxyl groups is 1. The van der Waals surface area contributed by atoms with Crippen LogP contribution in [-0.4, -0.2) is 22.8 Å². The normalized spacial score (nSPS) is 20.3. The minimum atomic E-state index is -1.10. The Morgan fingerprint density at radius 3 is 2.64 bits per heavy atom. The van der Waals surface area contributed by atoms with Crippen molar-refractivity contribution in [2.24, 2.45) is 0 Å².